The third-order valence-electron chi connectivity index (χ3n) is 5.07. The van der Waals surface area contributed by atoms with Crippen LogP contribution in [0.25, 0.3) is 17.4 Å². The second-order valence-electron chi connectivity index (χ2n) is 7.34. The fraction of sp³-hybridized carbons (Fsp3) is 0.200. The van der Waals surface area contributed by atoms with Gasteiger partial charge < -0.3 is 9.73 Å². The van der Waals surface area contributed by atoms with Crippen LogP contribution >= 0.6 is 23.8 Å². The van der Waals surface area contributed by atoms with Gasteiger partial charge in [-0.2, -0.15) is 0 Å². The quantitative estimate of drug-likeness (QED) is 0.314. The van der Waals surface area contributed by atoms with Crippen molar-refractivity contribution in [1.29, 1.82) is 0 Å². The molecule has 31 heavy (non-hydrogen) atoms. The molecular weight excluding hydrogens is 428 g/mol. The number of nitrogens with one attached hydrogen (secondary N) is 2. The van der Waals surface area contributed by atoms with E-state index in [1.54, 1.807) is 12.1 Å². The summed E-state index contributed by atoms with van der Waals surface area (Å²) in [6.07, 6.45) is 4.00. The van der Waals surface area contributed by atoms with Crippen molar-refractivity contribution in [3.63, 3.8) is 0 Å². The van der Waals surface area contributed by atoms with Gasteiger partial charge in [-0.15, -0.1) is 0 Å². The molecule has 0 radical (unpaired) electrons. The van der Waals surface area contributed by atoms with Crippen LogP contribution < -0.4 is 10.6 Å². The normalized spacial score (nSPS) is 12.0. The average Bonchev–Trinajstić information content (AvgIpc) is 3.23. The van der Waals surface area contributed by atoms with E-state index in [4.69, 9.17) is 28.2 Å². The molecule has 0 spiro atoms. The molecule has 3 aromatic rings. The number of para-hydroxylation sites is 1. The van der Waals surface area contributed by atoms with Crippen molar-refractivity contribution < 1.29 is 9.21 Å². The van der Waals surface area contributed by atoms with E-state index in [0.717, 1.165) is 28.8 Å². The van der Waals surface area contributed by atoms with E-state index in [1.165, 1.54) is 6.08 Å². The van der Waals surface area contributed by atoms with Crippen LogP contribution in [-0.2, 0) is 4.79 Å². The molecule has 1 aromatic heterocycles. The molecule has 0 aliphatic rings. The van der Waals surface area contributed by atoms with Crippen LogP contribution in [0.3, 0.4) is 0 Å². The Morgan fingerprint density at radius 2 is 1.97 bits per heavy atom. The summed E-state index contributed by atoms with van der Waals surface area (Å²) >= 11 is 11.5. The van der Waals surface area contributed by atoms with Gasteiger partial charge in [-0.05, 0) is 72.9 Å². The van der Waals surface area contributed by atoms with Crippen LogP contribution in [0.1, 0.15) is 43.1 Å². The van der Waals surface area contributed by atoms with Gasteiger partial charge in [0.25, 0.3) is 0 Å². The summed E-state index contributed by atoms with van der Waals surface area (Å²) in [5, 5.41) is 6.72. The van der Waals surface area contributed by atoms with E-state index < -0.39 is 0 Å². The van der Waals surface area contributed by atoms with Crippen LogP contribution in [0.5, 0.6) is 0 Å². The molecule has 160 valence electrons. The second kappa shape index (κ2) is 10.4. The van der Waals surface area contributed by atoms with Crippen molar-refractivity contribution in [3.8, 4) is 11.3 Å². The van der Waals surface area contributed by atoms with Crippen LogP contribution in [0.4, 0.5) is 5.69 Å². The molecule has 0 saturated heterocycles. The number of furan rings is 1. The van der Waals surface area contributed by atoms with Crippen molar-refractivity contribution in [2.75, 3.05) is 5.32 Å². The highest BCUT2D eigenvalue weighted by atomic mass is 35.5. The monoisotopic (exact) mass is 452 g/mol. The van der Waals surface area contributed by atoms with Gasteiger partial charge in [0.1, 0.15) is 11.5 Å². The molecule has 0 aliphatic carbocycles. The number of carbonyl (C=O) groups is 1. The largest absolute Gasteiger partial charge is 0.457 e. The topological polar surface area (TPSA) is 54.3 Å². The standard InChI is InChI=1S/C25H25ClN2O2S/c1-4-16(2)20-7-5-6-8-22(20)27-25(31)28-24(29)14-12-19-11-13-23(30-19)18-10-9-17(3)21(26)15-18/h5-16H,4H2,1-3H3,(H2,27,28,29,31)/b14-12+/t16-/m1/s1. The summed E-state index contributed by atoms with van der Waals surface area (Å²) in [7, 11) is 0. The van der Waals surface area contributed by atoms with Gasteiger partial charge in [0.2, 0.25) is 5.91 Å². The number of rotatable bonds is 6. The maximum absolute atomic E-state index is 12.3. The first-order valence-electron chi connectivity index (χ1n) is 10.1. The molecule has 3 rings (SSSR count). The highest BCUT2D eigenvalue weighted by molar-refractivity contribution is 7.80. The number of hydrogen-bond donors (Lipinski definition) is 2. The summed E-state index contributed by atoms with van der Waals surface area (Å²) in [6, 6.07) is 17.3. The van der Waals surface area contributed by atoms with Gasteiger partial charge in [0.15, 0.2) is 5.11 Å². The highest BCUT2D eigenvalue weighted by Gasteiger charge is 2.10. The fourth-order valence-electron chi connectivity index (χ4n) is 3.07. The van der Waals surface area contributed by atoms with E-state index in [1.807, 2.05) is 49.4 Å². The van der Waals surface area contributed by atoms with Gasteiger partial charge >= 0.3 is 0 Å². The number of anilines is 1. The predicted molar refractivity (Wildman–Crippen MR) is 132 cm³/mol. The van der Waals surface area contributed by atoms with Gasteiger partial charge in [-0.3, -0.25) is 10.1 Å². The van der Waals surface area contributed by atoms with E-state index in [-0.39, 0.29) is 11.0 Å². The minimum atomic E-state index is -0.338. The number of hydrogen-bond acceptors (Lipinski definition) is 3. The Morgan fingerprint density at radius 1 is 1.19 bits per heavy atom. The molecule has 0 bridgehead atoms. The number of carbonyl (C=O) groups excluding carboxylic acids is 1. The number of halogens is 1. The Kier molecular flexibility index (Phi) is 7.66. The van der Waals surface area contributed by atoms with Gasteiger partial charge in [0.05, 0.1) is 0 Å². The van der Waals surface area contributed by atoms with Gasteiger partial charge in [-0.25, -0.2) is 0 Å². The van der Waals surface area contributed by atoms with E-state index in [0.29, 0.717) is 22.5 Å². The van der Waals surface area contributed by atoms with Crippen LogP contribution in [0.15, 0.2) is 65.1 Å². The van der Waals surface area contributed by atoms with Gasteiger partial charge in [0, 0.05) is 22.3 Å². The maximum Gasteiger partial charge on any atom is 0.250 e. The first kappa shape index (κ1) is 22.8. The Balaban J connectivity index is 1.60. The summed E-state index contributed by atoms with van der Waals surface area (Å²) in [6.45, 7) is 6.25. The lowest BCUT2D eigenvalue weighted by molar-refractivity contribution is -0.115. The van der Waals surface area contributed by atoms with E-state index in [2.05, 4.69) is 30.5 Å². The van der Waals surface area contributed by atoms with Crippen molar-refractivity contribution in [2.24, 2.45) is 0 Å². The highest BCUT2D eigenvalue weighted by Crippen LogP contribution is 2.28. The number of amides is 1. The molecular formula is C25H25ClN2O2S. The van der Waals surface area contributed by atoms with Gasteiger partial charge in [-0.1, -0.05) is 55.8 Å². The lowest BCUT2D eigenvalue weighted by atomic mass is 9.97. The van der Waals surface area contributed by atoms with Crippen LogP contribution in [-0.4, -0.2) is 11.0 Å². The van der Waals surface area contributed by atoms with Crippen molar-refractivity contribution >= 4 is 46.6 Å². The van der Waals surface area contributed by atoms with E-state index in [9.17, 15) is 4.79 Å². The summed E-state index contributed by atoms with van der Waals surface area (Å²) in [5.74, 6) is 1.29. The van der Waals surface area contributed by atoms with Crippen LogP contribution in [0.2, 0.25) is 5.02 Å². The third-order valence-corrected chi connectivity index (χ3v) is 5.68. The minimum absolute atomic E-state index is 0.250. The molecule has 2 N–H and O–H groups in total. The van der Waals surface area contributed by atoms with Crippen molar-refractivity contribution in [3.05, 3.63) is 82.6 Å². The summed E-state index contributed by atoms with van der Waals surface area (Å²) in [4.78, 5) is 12.3. The predicted octanol–water partition coefficient (Wildman–Crippen LogP) is 6.95. The molecule has 0 aliphatic heterocycles. The lowest BCUT2D eigenvalue weighted by Gasteiger charge is -2.16. The fourth-order valence-corrected chi connectivity index (χ4v) is 3.46. The first-order chi connectivity index (χ1) is 14.9. The average molecular weight is 453 g/mol. The molecule has 1 amide bonds. The number of benzene rings is 2. The summed E-state index contributed by atoms with van der Waals surface area (Å²) < 4.78 is 5.80. The molecule has 2 aromatic carbocycles. The molecule has 1 atom stereocenters. The smallest absolute Gasteiger partial charge is 0.250 e. The maximum atomic E-state index is 12.3. The zero-order chi connectivity index (χ0) is 22.4. The zero-order valence-electron chi connectivity index (χ0n) is 17.7. The minimum Gasteiger partial charge on any atom is -0.457 e. The Labute approximate surface area is 193 Å². The Bertz CT molecular complexity index is 1120. The van der Waals surface area contributed by atoms with E-state index >= 15 is 0 Å². The van der Waals surface area contributed by atoms with Crippen LogP contribution in [0, 0.1) is 6.92 Å². The lowest BCUT2D eigenvalue weighted by Crippen LogP contribution is -2.33. The summed E-state index contributed by atoms with van der Waals surface area (Å²) in [5.41, 5.74) is 3.95. The van der Waals surface area contributed by atoms with Crippen molar-refractivity contribution in [1.82, 2.24) is 5.32 Å². The SMILES string of the molecule is CC[C@@H](C)c1ccccc1NC(=S)NC(=O)/C=C/c1ccc(-c2ccc(C)c(Cl)c2)o1. The first-order valence-corrected chi connectivity index (χ1v) is 10.9. The molecule has 0 fully saturated rings. The molecule has 0 unspecified atom stereocenters. The zero-order valence-corrected chi connectivity index (χ0v) is 19.3. The number of thiocarbonyl (C=S) groups is 1. The Hall–Kier alpha value is -2.89. The molecule has 0 saturated carbocycles. The number of aryl methyl sites for hydroxylation is 1. The molecule has 4 nitrogen and oxygen atoms in total. The van der Waals surface area contributed by atoms with Crippen molar-refractivity contribution in [2.45, 2.75) is 33.1 Å². The molecule has 1 heterocycles. The molecule has 6 heteroatoms. The Morgan fingerprint density at radius 3 is 2.71 bits per heavy atom. The third kappa shape index (κ3) is 6.06. The second-order valence-corrected chi connectivity index (χ2v) is 8.15.